The first-order chi connectivity index (χ1) is 9.86. The molecule has 2 N–H and O–H groups in total. The van der Waals surface area contributed by atoms with Crippen LogP contribution in [0.3, 0.4) is 0 Å². The first-order valence-electron chi connectivity index (χ1n) is 7.36. The number of nitrogens with zero attached hydrogens (tertiary/aromatic N) is 1. The highest BCUT2D eigenvalue weighted by Gasteiger charge is 2.22. The Morgan fingerprint density at radius 1 is 1.57 bits per heavy atom. The molecule has 1 aliphatic rings. The molecule has 1 aromatic rings. The molecule has 1 fully saturated rings. The second-order valence-corrected chi connectivity index (χ2v) is 7.65. The Hall–Kier alpha value is -0.980. The van der Waals surface area contributed by atoms with E-state index in [1.807, 2.05) is 0 Å². The maximum atomic E-state index is 12.0. The van der Waals surface area contributed by atoms with Gasteiger partial charge in [-0.25, -0.2) is 4.98 Å². The fourth-order valence-corrected chi connectivity index (χ4v) is 2.63. The minimum absolute atomic E-state index is 0.0562. The molecular formula is C15H24N2O3S. The van der Waals surface area contributed by atoms with Crippen molar-refractivity contribution < 1.29 is 14.6 Å². The summed E-state index contributed by atoms with van der Waals surface area (Å²) in [5.41, 5.74) is -0.0562. The van der Waals surface area contributed by atoms with Crippen LogP contribution in [0.25, 0.3) is 0 Å². The van der Waals surface area contributed by atoms with Crippen LogP contribution in [-0.2, 0) is 10.2 Å². The van der Waals surface area contributed by atoms with Crippen LogP contribution in [0.4, 0.5) is 0 Å². The van der Waals surface area contributed by atoms with Gasteiger partial charge in [0, 0.05) is 18.6 Å². The van der Waals surface area contributed by atoms with E-state index in [9.17, 15) is 9.90 Å². The molecule has 0 radical (unpaired) electrons. The zero-order valence-corrected chi connectivity index (χ0v) is 13.7. The molecule has 21 heavy (non-hydrogen) atoms. The lowest BCUT2D eigenvalue weighted by Gasteiger charge is -2.13. The number of nitrogens with one attached hydrogen (secondary N) is 1. The molecule has 1 unspecified atom stereocenters. The molecule has 1 saturated carbocycles. The fourth-order valence-electron chi connectivity index (χ4n) is 1.74. The van der Waals surface area contributed by atoms with Gasteiger partial charge in [-0.2, -0.15) is 0 Å². The number of aliphatic hydroxyl groups excluding tert-OH is 1. The van der Waals surface area contributed by atoms with Crippen LogP contribution in [0, 0.1) is 5.92 Å². The smallest absolute Gasteiger partial charge is 0.263 e. The molecule has 1 amide bonds. The minimum Gasteiger partial charge on any atom is -0.389 e. The predicted octanol–water partition coefficient (Wildman–Crippen LogP) is 1.96. The number of hydrogen-bond donors (Lipinski definition) is 2. The molecule has 0 aromatic carbocycles. The Morgan fingerprint density at radius 3 is 2.86 bits per heavy atom. The van der Waals surface area contributed by atoms with Gasteiger partial charge in [-0.05, 0) is 18.8 Å². The highest BCUT2D eigenvalue weighted by molar-refractivity contribution is 7.13. The molecule has 1 aliphatic carbocycles. The Morgan fingerprint density at radius 2 is 2.29 bits per heavy atom. The summed E-state index contributed by atoms with van der Waals surface area (Å²) in [4.78, 5) is 16.8. The van der Waals surface area contributed by atoms with Crippen molar-refractivity contribution >= 4 is 17.2 Å². The third-order valence-electron chi connectivity index (χ3n) is 3.23. The molecule has 0 bridgehead atoms. The summed E-state index contributed by atoms with van der Waals surface area (Å²) in [5, 5.41) is 13.4. The van der Waals surface area contributed by atoms with Crippen LogP contribution in [0.15, 0.2) is 6.20 Å². The van der Waals surface area contributed by atoms with E-state index in [0.29, 0.717) is 10.8 Å². The monoisotopic (exact) mass is 312 g/mol. The molecule has 0 saturated heterocycles. The Balaban J connectivity index is 1.71. The maximum absolute atomic E-state index is 12.0. The molecule has 6 heteroatoms. The Labute approximate surface area is 129 Å². The van der Waals surface area contributed by atoms with E-state index in [2.05, 4.69) is 31.1 Å². The maximum Gasteiger partial charge on any atom is 0.263 e. The summed E-state index contributed by atoms with van der Waals surface area (Å²) in [6.07, 6.45) is 3.39. The average Bonchev–Trinajstić information content (AvgIpc) is 3.07. The van der Waals surface area contributed by atoms with Crippen LogP contribution in [0.2, 0.25) is 0 Å². The van der Waals surface area contributed by atoms with E-state index in [4.69, 9.17) is 4.74 Å². The normalized spacial score (nSPS) is 16.8. The lowest BCUT2D eigenvalue weighted by molar-refractivity contribution is 0.0321. The minimum atomic E-state index is -0.664. The van der Waals surface area contributed by atoms with Crippen molar-refractivity contribution in [3.63, 3.8) is 0 Å². The number of rotatable bonds is 7. The number of aromatic nitrogens is 1. The molecule has 118 valence electrons. The summed E-state index contributed by atoms with van der Waals surface area (Å²) < 4.78 is 5.40. The third-order valence-corrected chi connectivity index (χ3v) is 4.65. The summed E-state index contributed by atoms with van der Waals surface area (Å²) in [6, 6.07) is 0. The second kappa shape index (κ2) is 6.85. The highest BCUT2D eigenvalue weighted by atomic mass is 32.1. The van der Waals surface area contributed by atoms with E-state index in [1.165, 1.54) is 24.2 Å². The SMILES string of the molecule is CC(C)(C)c1ncc(C(=O)NCC(O)COCC2CC2)s1. The lowest BCUT2D eigenvalue weighted by Crippen LogP contribution is -2.34. The van der Waals surface area contributed by atoms with Crippen molar-refractivity contribution in [2.24, 2.45) is 5.92 Å². The molecule has 0 spiro atoms. The van der Waals surface area contributed by atoms with E-state index in [-0.39, 0.29) is 24.5 Å². The van der Waals surface area contributed by atoms with Crippen LogP contribution in [0.1, 0.15) is 48.3 Å². The molecule has 1 aromatic heterocycles. The van der Waals surface area contributed by atoms with Crippen molar-refractivity contribution in [1.29, 1.82) is 0 Å². The number of aliphatic hydroxyl groups is 1. The number of ether oxygens (including phenoxy) is 1. The number of carbonyl (C=O) groups is 1. The van der Waals surface area contributed by atoms with Crippen molar-refractivity contribution in [1.82, 2.24) is 10.3 Å². The van der Waals surface area contributed by atoms with Gasteiger partial charge in [0.2, 0.25) is 0 Å². The Bertz CT molecular complexity index is 478. The lowest BCUT2D eigenvalue weighted by atomic mass is 9.98. The van der Waals surface area contributed by atoms with Gasteiger partial charge in [0.1, 0.15) is 4.88 Å². The van der Waals surface area contributed by atoms with Gasteiger partial charge in [0.05, 0.1) is 23.9 Å². The molecule has 0 aliphatic heterocycles. The van der Waals surface area contributed by atoms with Crippen LogP contribution in [0.5, 0.6) is 0 Å². The third kappa shape index (κ3) is 5.37. The summed E-state index contributed by atoms with van der Waals surface area (Å²) in [6.45, 7) is 7.38. The number of amides is 1. The summed E-state index contributed by atoms with van der Waals surface area (Å²) >= 11 is 1.39. The van der Waals surface area contributed by atoms with Crippen molar-refractivity contribution in [2.75, 3.05) is 19.8 Å². The van der Waals surface area contributed by atoms with Crippen LogP contribution in [-0.4, -0.2) is 41.9 Å². The van der Waals surface area contributed by atoms with Gasteiger partial charge in [-0.1, -0.05) is 20.8 Å². The zero-order chi connectivity index (χ0) is 15.5. The van der Waals surface area contributed by atoms with Crippen LogP contribution < -0.4 is 5.32 Å². The standard InChI is InChI=1S/C15H24N2O3S/c1-15(2,3)14-17-7-12(21-14)13(19)16-6-11(18)9-20-8-10-4-5-10/h7,10-11,18H,4-6,8-9H2,1-3H3,(H,16,19). The summed E-state index contributed by atoms with van der Waals surface area (Å²) in [5.74, 6) is 0.490. The van der Waals surface area contributed by atoms with Crippen molar-refractivity contribution in [2.45, 2.75) is 45.1 Å². The second-order valence-electron chi connectivity index (χ2n) is 6.62. The predicted molar refractivity (Wildman–Crippen MR) is 82.7 cm³/mol. The average molecular weight is 312 g/mol. The van der Waals surface area contributed by atoms with Gasteiger partial charge < -0.3 is 15.2 Å². The topological polar surface area (TPSA) is 71.5 Å². The molecule has 1 atom stereocenters. The first-order valence-corrected chi connectivity index (χ1v) is 8.18. The van der Waals surface area contributed by atoms with E-state index in [1.54, 1.807) is 6.20 Å². The number of thiazole rings is 1. The molecule has 5 nitrogen and oxygen atoms in total. The molecule has 2 rings (SSSR count). The molecular weight excluding hydrogens is 288 g/mol. The van der Waals surface area contributed by atoms with Gasteiger partial charge in [-0.15, -0.1) is 11.3 Å². The van der Waals surface area contributed by atoms with Crippen LogP contribution >= 0.6 is 11.3 Å². The molecule has 1 heterocycles. The quantitative estimate of drug-likeness (QED) is 0.807. The zero-order valence-electron chi connectivity index (χ0n) is 12.9. The fraction of sp³-hybridized carbons (Fsp3) is 0.733. The first kappa shape index (κ1) is 16.4. The Kier molecular flexibility index (Phi) is 5.35. The van der Waals surface area contributed by atoms with Crippen molar-refractivity contribution in [3.05, 3.63) is 16.1 Å². The van der Waals surface area contributed by atoms with Gasteiger partial charge in [0.15, 0.2) is 0 Å². The highest BCUT2D eigenvalue weighted by Crippen LogP contribution is 2.28. The number of carbonyl (C=O) groups excluding carboxylic acids is 1. The number of hydrogen-bond acceptors (Lipinski definition) is 5. The van der Waals surface area contributed by atoms with Gasteiger partial charge in [0.25, 0.3) is 5.91 Å². The van der Waals surface area contributed by atoms with Gasteiger partial charge in [-0.3, -0.25) is 4.79 Å². The van der Waals surface area contributed by atoms with E-state index >= 15 is 0 Å². The van der Waals surface area contributed by atoms with E-state index in [0.717, 1.165) is 11.6 Å². The van der Waals surface area contributed by atoms with E-state index < -0.39 is 6.10 Å². The summed E-state index contributed by atoms with van der Waals surface area (Å²) in [7, 11) is 0. The van der Waals surface area contributed by atoms with Crippen molar-refractivity contribution in [3.8, 4) is 0 Å². The largest absolute Gasteiger partial charge is 0.389 e. The van der Waals surface area contributed by atoms with Gasteiger partial charge >= 0.3 is 0 Å².